The lowest BCUT2D eigenvalue weighted by Crippen LogP contribution is -2.69. The molecule has 1 aromatic heterocycles. The molecule has 3 aromatic rings. The molecule has 4 atom stereocenters. The van der Waals surface area contributed by atoms with E-state index in [0.717, 1.165) is 62.9 Å². The summed E-state index contributed by atoms with van der Waals surface area (Å²) < 4.78 is 28.3. The lowest BCUT2D eigenvalue weighted by atomic mass is 9.92. The number of benzene rings is 2. The van der Waals surface area contributed by atoms with Crippen LogP contribution in [0.1, 0.15) is 62.4 Å². The summed E-state index contributed by atoms with van der Waals surface area (Å²) in [5.41, 5.74) is 2.82. The van der Waals surface area contributed by atoms with Crippen molar-refractivity contribution in [3.05, 3.63) is 59.2 Å². The van der Waals surface area contributed by atoms with Gasteiger partial charge in [-0.1, -0.05) is 6.07 Å². The SMILES string of the molecule is C[C@@H]1CN(CC2CCN(c3ccc4c(c3)C(=O)N([C@@H]3CCC(=O)NC3=O)C4)CC2)C[C@H](C)N1C(=O)N1CCN2c3cc(-c4cc(F)cc(F)c4O)nnc3NC[C@]2(C)C1. The smallest absolute Gasteiger partial charge is 0.320 e. The number of hydrogen-bond acceptors (Lipinski definition) is 11. The van der Waals surface area contributed by atoms with E-state index in [-0.39, 0.29) is 47.6 Å². The van der Waals surface area contributed by atoms with Gasteiger partial charge in [0.05, 0.1) is 16.9 Å². The molecular weight excluding hydrogens is 763 g/mol. The van der Waals surface area contributed by atoms with Gasteiger partial charge in [0.25, 0.3) is 5.91 Å². The fraction of sp³-hybridized carbons (Fsp3) is 0.524. The summed E-state index contributed by atoms with van der Waals surface area (Å²) in [7, 11) is 0. The lowest BCUT2D eigenvalue weighted by molar-refractivity contribution is -0.136. The highest BCUT2D eigenvalue weighted by Crippen LogP contribution is 2.41. The van der Waals surface area contributed by atoms with Gasteiger partial charge in [-0.3, -0.25) is 24.6 Å². The summed E-state index contributed by atoms with van der Waals surface area (Å²) in [5.74, 6) is -2.40. The number of halogens is 2. The topological polar surface area (TPSA) is 158 Å². The van der Waals surface area contributed by atoms with Crippen LogP contribution in [0.4, 0.5) is 30.8 Å². The van der Waals surface area contributed by atoms with E-state index in [4.69, 9.17) is 0 Å². The summed E-state index contributed by atoms with van der Waals surface area (Å²) in [6.07, 6.45) is 2.61. The molecule has 0 radical (unpaired) electrons. The number of imide groups is 1. The van der Waals surface area contributed by atoms with Gasteiger partial charge in [-0.05, 0) is 75.8 Å². The summed E-state index contributed by atoms with van der Waals surface area (Å²) >= 11 is 0. The van der Waals surface area contributed by atoms with E-state index < -0.39 is 34.9 Å². The van der Waals surface area contributed by atoms with Crippen molar-refractivity contribution < 1.29 is 33.1 Å². The Morgan fingerprint density at radius 2 is 1.71 bits per heavy atom. The number of anilines is 3. The number of nitrogens with one attached hydrogen (secondary N) is 2. The molecule has 4 fully saturated rings. The van der Waals surface area contributed by atoms with Crippen LogP contribution in [0.25, 0.3) is 11.3 Å². The minimum Gasteiger partial charge on any atom is -0.504 e. The van der Waals surface area contributed by atoms with Crippen LogP contribution < -0.4 is 20.4 Å². The fourth-order valence-corrected chi connectivity index (χ4v) is 10.3. The Bertz CT molecular complexity index is 2210. The van der Waals surface area contributed by atoms with E-state index in [1.807, 2.05) is 21.9 Å². The number of aromatic nitrogens is 2. The van der Waals surface area contributed by atoms with Crippen LogP contribution in [0.3, 0.4) is 0 Å². The highest BCUT2D eigenvalue weighted by Gasteiger charge is 2.46. The molecule has 3 N–H and O–H groups in total. The van der Waals surface area contributed by atoms with E-state index in [9.17, 15) is 33.1 Å². The molecule has 6 aliphatic heterocycles. The number of hydrogen-bond donors (Lipinski definition) is 3. The summed E-state index contributed by atoms with van der Waals surface area (Å²) in [5, 5.41) is 24.5. The third kappa shape index (κ3) is 7.06. The van der Waals surface area contributed by atoms with Gasteiger partial charge in [-0.15, -0.1) is 10.2 Å². The van der Waals surface area contributed by atoms with Gasteiger partial charge in [0.2, 0.25) is 11.8 Å². The van der Waals surface area contributed by atoms with Crippen LogP contribution in [0.15, 0.2) is 36.4 Å². The number of carbonyl (C=O) groups excluding carboxylic acids is 4. The van der Waals surface area contributed by atoms with Crippen LogP contribution in [0, 0.1) is 17.6 Å². The van der Waals surface area contributed by atoms with Crippen molar-refractivity contribution in [1.29, 1.82) is 0 Å². The van der Waals surface area contributed by atoms with Gasteiger partial charge in [-0.25, -0.2) is 13.6 Å². The van der Waals surface area contributed by atoms with Crippen molar-refractivity contribution in [1.82, 2.24) is 35.1 Å². The zero-order valence-corrected chi connectivity index (χ0v) is 33.6. The predicted octanol–water partition coefficient (Wildman–Crippen LogP) is 3.63. The lowest BCUT2D eigenvalue weighted by Gasteiger charge is -2.54. The molecule has 0 aliphatic carbocycles. The first kappa shape index (κ1) is 38.9. The molecule has 2 aromatic carbocycles. The van der Waals surface area contributed by atoms with Crippen LogP contribution in [0.5, 0.6) is 5.75 Å². The third-order valence-electron chi connectivity index (χ3n) is 13.3. The van der Waals surface area contributed by atoms with E-state index in [1.165, 1.54) is 0 Å². The molecule has 9 rings (SSSR count). The first-order valence-electron chi connectivity index (χ1n) is 20.7. The average Bonchev–Trinajstić information content (AvgIpc) is 3.53. The highest BCUT2D eigenvalue weighted by atomic mass is 19.1. The Hall–Kier alpha value is -5.58. The highest BCUT2D eigenvalue weighted by molar-refractivity contribution is 6.05. The van der Waals surface area contributed by atoms with Crippen molar-refractivity contribution in [2.45, 2.75) is 76.7 Å². The molecule has 0 saturated carbocycles. The number of phenolic OH excluding ortho intramolecular Hbond substituents is 1. The van der Waals surface area contributed by atoms with E-state index in [0.29, 0.717) is 68.2 Å². The van der Waals surface area contributed by atoms with Crippen LogP contribution >= 0.6 is 0 Å². The van der Waals surface area contributed by atoms with Crippen molar-refractivity contribution in [2.75, 3.05) is 74.0 Å². The van der Waals surface area contributed by atoms with Crippen LogP contribution in [0.2, 0.25) is 0 Å². The van der Waals surface area contributed by atoms with Gasteiger partial charge < -0.3 is 34.9 Å². The normalized spacial score (nSPS) is 26.4. The standard InChI is InChI=1S/C42H50F2N10O5/c1-24-18-49(20-26-8-10-50(11-9-26)29-5-4-27-21-52(40(58)30(27)16-29)34-6-7-36(55)46-39(34)57)19-25(2)54(24)41(59)51-12-13-53-35-17-33(31-14-28(43)15-32(44)37(31)56)47-48-38(35)45-22-42(53,3)23-51/h4-5,14-17,24-26,34,56H,6-13,18-23H2,1-3H3,(H,45,48)(H,46,55,57)/t24-,25+,34-,42-/m1/s1. The molecule has 15 nitrogen and oxygen atoms in total. The van der Waals surface area contributed by atoms with E-state index in [1.54, 1.807) is 11.0 Å². The van der Waals surface area contributed by atoms with Crippen molar-refractivity contribution >= 4 is 40.9 Å². The monoisotopic (exact) mass is 812 g/mol. The van der Waals surface area contributed by atoms with Gasteiger partial charge in [0.1, 0.15) is 11.9 Å². The Morgan fingerprint density at radius 1 is 0.949 bits per heavy atom. The number of urea groups is 1. The van der Waals surface area contributed by atoms with Crippen molar-refractivity contribution in [3.8, 4) is 17.0 Å². The molecule has 59 heavy (non-hydrogen) atoms. The molecule has 7 heterocycles. The molecule has 0 bridgehead atoms. The van der Waals surface area contributed by atoms with Gasteiger partial charge in [-0.2, -0.15) is 0 Å². The number of fused-ring (bicyclic) bond motifs is 4. The number of carbonyl (C=O) groups is 4. The van der Waals surface area contributed by atoms with Crippen molar-refractivity contribution in [2.24, 2.45) is 5.92 Å². The minimum atomic E-state index is -1.07. The number of nitrogens with zero attached hydrogens (tertiary/aromatic N) is 8. The second-order valence-corrected chi connectivity index (χ2v) is 17.4. The predicted molar refractivity (Wildman–Crippen MR) is 215 cm³/mol. The van der Waals surface area contributed by atoms with Gasteiger partial charge in [0, 0.05) is 107 Å². The molecule has 17 heteroatoms. The van der Waals surface area contributed by atoms with E-state index in [2.05, 4.69) is 62.4 Å². The quantitative estimate of drug-likeness (QED) is 0.324. The maximum absolute atomic E-state index is 14.3. The number of aromatic hydroxyl groups is 1. The molecular formula is C42H50F2N10O5. The first-order chi connectivity index (χ1) is 28.3. The van der Waals surface area contributed by atoms with Crippen LogP contribution in [-0.4, -0.2) is 141 Å². The molecule has 6 aliphatic rings. The zero-order chi connectivity index (χ0) is 41.3. The number of phenols is 1. The molecule has 312 valence electrons. The van der Waals surface area contributed by atoms with E-state index >= 15 is 0 Å². The Balaban J connectivity index is 0.785. The number of piperazine rings is 2. The van der Waals surface area contributed by atoms with Crippen LogP contribution in [-0.2, 0) is 16.1 Å². The number of rotatable bonds is 5. The maximum atomic E-state index is 14.3. The summed E-state index contributed by atoms with van der Waals surface area (Å²) in [4.78, 5) is 64.4. The number of amides is 5. The second-order valence-electron chi connectivity index (χ2n) is 17.4. The van der Waals surface area contributed by atoms with Gasteiger partial charge in [0.15, 0.2) is 17.4 Å². The average molecular weight is 813 g/mol. The minimum absolute atomic E-state index is 0.0169. The number of piperidine rings is 2. The zero-order valence-electron chi connectivity index (χ0n) is 33.6. The molecule has 5 amide bonds. The second kappa shape index (κ2) is 14.9. The molecule has 0 unspecified atom stereocenters. The van der Waals surface area contributed by atoms with Crippen molar-refractivity contribution in [3.63, 3.8) is 0 Å². The largest absolute Gasteiger partial charge is 0.504 e. The Kier molecular flexibility index (Phi) is 9.83. The Labute approximate surface area is 341 Å². The summed E-state index contributed by atoms with van der Waals surface area (Å²) in [6, 6.07) is 8.79. The fourth-order valence-electron chi connectivity index (χ4n) is 10.3. The molecule has 4 saturated heterocycles. The third-order valence-corrected chi connectivity index (χ3v) is 13.3. The Morgan fingerprint density at radius 3 is 2.46 bits per heavy atom. The van der Waals surface area contributed by atoms with Gasteiger partial charge >= 0.3 is 6.03 Å². The first-order valence-corrected chi connectivity index (χ1v) is 20.7. The molecule has 0 spiro atoms. The maximum Gasteiger partial charge on any atom is 0.320 e. The summed E-state index contributed by atoms with van der Waals surface area (Å²) in [6.45, 7) is 13.0.